The van der Waals surface area contributed by atoms with Gasteiger partial charge in [0.05, 0.1) is 0 Å². The van der Waals surface area contributed by atoms with Gasteiger partial charge in [-0.25, -0.2) is 0 Å². The van der Waals surface area contributed by atoms with Crippen LogP contribution < -0.4 is 0 Å². The summed E-state index contributed by atoms with van der Waals surface area (Å²) in [4.78, 5) is 0. The van der Waals surface area contributed by atoms with Crippen LogP contribution in [0.2, 0.25) is 0 Å². The van der Waals surface area contributed by atoms with Crippen LogP contribution >= 0.6 is 0 Å². The molecule has 0 aliphatic heterocycles. The molecular weight excluding hydrogens is 226 g/mol. The van der Waals surface area contributed by atoms with E-state index in [0.717, 1.165) is 0 Å². The molecular formula is H4BBaKNaO. The molecule has 0 unspecified atom stereocenters. The Morgan fingerprint density at radius 2 is 1.20 bits per heavy atom. The molecule has 0 heterocycles. The average Bonchev–Trinajstić information content (AvgIpc) is 1.00. The van der Waals surface area contributed by atoms with Crippen LogP contribution in [-0.2, 0) is 4.70 Å². The summed E-state index contributed by atoms with van der Waals surface area (Å²) in [5.41, 5.74) is 0. The van der Waals surface area contributed by atoms with Gasteiger partial charge in [0.25, 0.3) is 0 Å². The monoisotopic (exact) mass is 231 g/mol. The predicted octanol–water partition coefficient (Wildman–Crippen LogP) is -2.71. The molecule has 1 nitrogen and oxygen atoms in total. The Balaban J connectivity index is -0.00000000167. The van der Waals surface area contributed by atoms with Gasteiger partial charge in [-0.1, -0.05) is 0 Å². The Morgan fingerprint density at radius 3 is 1.20 bits per heavy atom. The minimum atomic E-state index is 0. The fraction of sp³-hybridized carbons (Fsp3) is 0. The van der Waals surface area contributed by atoms with E-state index in [0.29, 0.717) is 0 Å². The van der Waals surface area contributed by atoms with Gasteiger partial charge in [-0.2, -0.15) is 0 Å². The van der Waals surface area contributed by atoms with E-state index in [2.05, 4.69) is 7.72 Å². The fourth-order valence-corrected chi connectivity index (χ4v) is 0. The number of rotatable bonds is 0. The molecule has 0 aromatic carbocycles. The molecule has 0 atom stereocenters. The molecule has 5 heavy (non-hydrogen) atoms. The Morgan fingerprint density at radius 1 is 1.20 bits per heavy atom. The van der Waals surface area contributed by atoms with Crippen molar-refractivity contribution in [1.82, 2.24) is 0 Å². The summed E-state index contributed by atoms with van der Waals surface area (Å²) in [6, 6.07) is 0. The van der Waals surface area contributed by atoms with Gasteiger partial charge in [0.1, 0.15) is 0 Å². The van der Waals surface area contributed by atoms with Gasteiger partial charge in [-0.3, -0.25) is 0 Å². The van der Waals surface area contributed by atoms with E-state index in [9.17, 15) is 0 Å². The fourth-order valence-electron chi connectivity index (χ4n) is 0. The zero-order chi connectivity index (χ0) is 2.00. The summed E-state index contributed by atoms with van der Waals surface area (Å²) in [6.45, 7) is 0. The third-order valence-corrected chi connectivity index (χ3v) is 0. The Hall–Kier alpha value is 4.07. The van der Waals surface area contributed by atoms with Crippen LogP contribution in [0, 0.1) is 0 Å². The number of hydrogen-bond acceptors (Lipinski definition) is 1. The van der Waals surface area contributed by atoms with E-state index in [4.69, 9.17) is 4.70 Å². The summed E-state index contributed by atoms with van der Waals surface area (Å²) in [5.74, 6) is 0. The summed E-state index contributed by atoms with van der Waals surface area (Å²) in [6.07, 6.45) is 0. The molecule has 17 valence electrons. The summed E-state index contributed by atoms with van der Waals surface area (Å²) < 4.78 is 7.75. The van der Waals surface area contributed by atoms with E-state index in [1.54, 1.807) is 0 Å². The van der Waals surface area contributed by atoms with Gasteiger partial charge in [0, 0.05) is 0 Å². The van der Waals surface area contributed by atoms with Gasteiger partial charge >= 0.3 is 142 Å². The van der Waals surface area contributed by atoms with Crippen molar-refractivity contribution < 1.29 is 4.70 Å². The molecule has 0 saturated carbocycles. The predicted molar refractivity (Wildman–Crippen MR) is 29.3 cm³/mol. The van der Waals surface area contributed by atoms with Crippen molar-refractivity contribution in [2.45, 2.75) is 0 Å². The van der Waals surface area contributed by atoms with Crippen LogP contribution in [-0.4, -0.2) is 138 Å². The second kappa shape index (κ2) is 24.3. The number of hydrogen-bond donors (Lipinski definition) is 0. The molecule has 0 aliphatic carbocycles. The zero-order valence-electron chi connectivity index (χ0n) is 0.986. The van der Waals surface area contributed by atoms with E-state index >= 15 is 0 Å². The summed E-state index contributed by atoms with van der Waals surface area (Å²) in [7, 11) is 3.25. The van der Waals surface area contributed by atoms with Crippen molar-refractivity contribution >= 4 is 138 Å². The first-order chi connectivity index (χ1) is 1.00. The first-order valence-electron chi connectivity index (χ1n) is 0.236. The van der Waals surface area contributed by atoms with Gasteiger partial charge in [-0.05, 0) is 0 Å². The van der Waals surface area contributed by atoms with Crippen molar-refractivity contribution in [3.8, 4) is 0 Å². The van der Waals surface area contributed by atoms with Crippen molar-refractivity contribution in [3.63, 3.8) is 0 Å². The molecule has 0 aromatic heterocycles. The molecule has 0 aromatic rings. The third kappa shape index (κ3) is 17.9. The molecule has 0 rings (SSSR count). The van der Waals surface area contributed by atoms with E-state index < -0.39 is 0 Å². The first-order valence-corrected chi connectivity index (χ1v) is 0.236. The molecule has 0 bridgehead atoms. The van der Waals surface area contributed by atoms with Crippen LogP contribution in [0.25, 0.3) is 0 Å². The molecule has 0 amide bonds. The normalized spacial score (nSPS) is 0.600. The maximum absolute atomic E-state index is 7.75. The van der Waals surface area contributed by atoms with Crippen LogP contribution in [0.3, 0.4) is 0 Å². The Kier molecular flexibility index (Phi) is 112. The summed E-state index contributed by atoms with van der Waals surface area (Å²) >= 11 is 0. The molecule has 0 spiro atoms. The van der Waals surface area contributed by atoms with Crippen molar-refractivity contribution in [3.05, 3.63) is 0 Å². The molecule has 0 saturated heterocycles. The molecule has 0 aliphatic rings. The standard InChI is InChI=1S/BO.Ba.K.Na.4H/c1-2;;;;;;;. The Labute approximate surface area is 138 Å². The molecule has 0 fully saturated rings. The van der Waals surface area contributed by atoms with Crippen molar-refractivity contribution in [2.75, 3.05) is 0 Å². The molecule has 0 N–H and O–H groups in total. The van der Waals surface area contributed by atoms with Gasteiger partial charge in [-0.15, -0.1) is 0 Å². The van der Waals surface area contributed by atoms with E-state index in [1.165, 1.54) is 0 Å². The van der Waals surface area contributed by atoms with E-state index in [1.807, 2.05) is 0 Å². The third-order valence-electron chi connectivity index (χ3n) is 0. The van der Waals surface area contributed by atoms with Gasteiger partial charge in [0.2, 0.25) is 0 Å². The van der Waals surface area contributed by atoms with Gasteiger partial charge < -0.3 is 0 Å². The Bertz CT molecular complexity index is 11.6. The maximum atomic E-state index is 7.75. The zero-order valence-corrected chi connectivity index (χ0v) is 0.986. The molecule has 5 heteroatoms. The second-order valence-electron chi connectivity index (χ2n) is 0. The van der Waals surface area contributed by atoms with Crippen molar-refractivity contribution in [1.29, 1.82) is 0 Å². The van der Waals surface area contributed by atoms with Crippen LogP contribution in [0.5, 0.6) is 0 Å². The van der Waals surface area contributed by atoms with Crippen LogP contribution in [0.1, 0.15) is 0 Å². The van der Waals surface area contributed by atoms with Crippen LogP contribution in [0.15, 0.2) is 0 Å². The minimum absolute atomic E-state index is 0. The SMILES string of the molecule is [B]=O.[BaH2].[KH].[NaH]. The second-order valence-corrected chi connectivity index (χ2v) is 0. The van der Waals surface area contributed by atoms with Crippen molar-refractivity contribution in [2.24, 2.45) is 0 Å². The first kappa shape index (κ1) is 23.0. The quantitative estimate of drug-likeness (QED) is 0.414. The average molecular weight is 230 g/mol. The molecule has 1 radical (unpaired) electrons. The van der Waals surface area contributed by atoms with Crippen LogP contribution in [0.4, 0.5) is 0 Å². The van der Waals surface area contributed by atoms with Gasteiger partial charge in [0.15, 0.2) is 0 Å². The topological polar surface area (TPSA) is 17.1 Å². The van der Waals surface area contributed by atoms with E-state index in [-0.39, 0.29) is 130 Å². The summed E-state index contributed by atoms with van der Waals surface area (Å²) in [5, 5.41) is 0.